The molecule has 0 fully saturated rings. The molecule has 15 heavy (non-hydrogen) atoms. The summed E-state index contributed by atoms with van der Waals surface area (Å²) in [5.74, 6) is 0. The molecule has 1 N–H and O–H groups in total. The molecule has 0 amide bonds. The molecule has 2 rings (SSSR count). The van der Waals surface area contributed by atoms with Gasteiger partial charge < -0.3 is 5.32 Å². The van der Waals surface area contributed by atoms with Crippen LogP contribution in [-0.2, 0) is 0 Å². The summed E-state index contributed by atoms with van der Waals surface area (Å²) in [5.41, 5.74) is 4.18. The van der Waals surface area contributed by atoms with Crippen molar-refractivity contribution in [2.75, 3.05) is 0 Å². The highest BCUT2D eigenvalue weighted by Crippen LogP contribution is 2.24. The molecule has 0 saturated heterocycles. The highest BCUT2D eigenvalue weighted by atomic mass is 14.9. The SMILES string of the molecule is Cc1ccc(C2=C[C@H](C)N[C@H](C)C2)cc1. The highest BCUT2D eigenvalue weighted by Gasteiger charge is 2.15. The van der Waals surface area contributed by atoms with Crippen molar-refractivity contribution in [3.8, 4) is 0 Å². The molecule has 0 aromatic heterocycles. The van der Waals surface area contributed by atoms with E-state index in [1.54, 1.807) is 0 Å². The summed E-state index contributed by atoms with van der Waals surface area (Å²) < 4.78 is 0. The number of aryl methyl sites for hydroxylation is 1. The van der Waals surface area contributed by atoms with Crippen molar-refractivity contribution in [2.24, 2.45) is 0 Å². The maximum absolute atomic E-state index is 3.51. The topological polar surface area (TPSA) is 12.0 Å². The molecule has 0 radical (unpaired) electrons. The van der Waals surface area contributed by atoms with E-state index in [1.165, 1.54) is 16.7 Å². The predicted molar refractivity (Wildman–Crippen MR) is 65.8 cm³/mol. The Balaban J connectivity index is 2.26. The number of benzene rings is 1. The van der Waals surface area contributed by atoms with Crippen LogP contribution >= 0.6 is 0 Å². The van der Waals surface area contributed by atoms with Gasteiger partial charge in [0.1, 0.15) is 0 Å². The van der Waals surface area contributed by atoms with Crippen LogP contribution in [0.25, 0.3) is 5.57 Å². The third-order valence-electron chi connectivity index (χ3n) is 2.95. The van der Waals surface area contributed by atoms with Gasteiger partial charge in [0.2, 0.25) is 0 Å². The molecule has 0 bridgehead atoms. The largest absolute Gasteiger partial charge is 0.308 e. The lowest BCUT2D eigenvalue weighted by atomic mass is 9.93. The summed E-state index contributed by atoms with van der Waals surface area (Å²) in [5, 5.41) is 3.51. The van der Waals surface area contributed by atoms with Gasteiger partial charge in [-0.1, -0.05) is 35.9 Å². The molecule has 1 heterocycles. The number of nitrogens with one attached hydrogen (secondary N) is 1. The lowest BCUT2D eigenvalue weighted by molar-refractivity contribution is 0.506. The Morgan fingerprint density at radius 3 is 2.40 bits per heavy atom. The third-order valence-corrected chi connectivity index (χ3v) is 2.95. The van der Waals surface area contributed by atoms with E-state index in [9.17, 15) is 0 Å². The molecule has 1 aromatic carbocycles. The average molecular weight is 201 g/mol. The van der Waals surface area contributed by atoms with Gasteiger partial charge in [-0.25, -0.2) is 0 Å². The van der Waals surface area contributed by atoms with E-state index in [1.807, 2.05) is 0 Å². The molecule has 1 nitrogen and oxygen atoms in total. The minimum atomic E-state index is 0.491. The van der Waals surface area contributed by atoms with Crippen LogP contribution in [0.2, 0.25) is 0 Å². The molecule has 0 aliphatic carbocycles. The molecule has 1 aliphatic rings. The van der Waals surface area contributed by atoms with Crippen molar-refractivity contribution < 1.29 is 0 Å². The van der Waals surface area contributed by atoms with Crippen molar-refractivity contribution in [3.63, 3.8) is 0 Å². The Morgan fingerprint density at radius 2 is 1.80 bits per heavy atom. The molecule has 1 aliphatic heterocycles. The number of rotatable bonds is 1. The Kier molecular flexibility index (Phi) is 2.92. The third kappa shape index (κ3) is 2.48. The second-order valence-electron chi connectivity index (χ2n) is 4.62. The Labute approximate surface area is 92.2 Å². The van der Waals surface area contributed by atoms with E-state index >= 15 is 0 Å². The van der Waals surface area contributed by atoms with Gasteiger partial charge in [-0.2, -0.15) is 0 Å². The Morgan fingerprint density at radius 1 is 1.13 bits per heavy atom. The van der Waals surface area contributed by atoms with E-state index in [2.05, 4.69) is 56.4 Å². The smallest absolute Gasteiger partial charge is 0.0230 e. The monoisotopic (exact) mass is 201 g/mol. The first-order valence-electron chi connectivity index (χ1n) is 5.69. The maximum Gasteiger partial charge on any atom is 0.0230 e. The van der Waals surface area contributed by atoms with Crippen LogP contribution in [0.5, 0.6) is 0 Å². The van der Waals surface area contributed by atoms with Crippen LogP contribution in [-0.4, -0.2) is 12.1 Å². The minimum absolute atomic E-state index is 0.491. The van der Waals surface area contributed by atoms with E-state index in [0.29, 0.717) is 12.1 Å². The molecule has 2 atom stereocenters. The zero-order valence-corrected chi connectivity index (χ0v) is 9.75. The summed E-state index contributed by atoms with van der Waals surface area (Å²) >= 11 is 0. The fraction of sp³-hybridized carbons (Fsp3) is 0.429. The van der Waals surface area contributed by atoms with Crippen molar-refractivity contribution >= 4 is 5.57 Å². The average Bonchev–Trinajstić information content (AvgIpc) is 2.17. The number of hydrogen-bond acceptors (Lipinski definition) is 1. The van der Waals surface area contributed by atoms with Gasteiger partial charge in [0.15, 0.2) is 0 Å². The van der Waals surface area contributed by atoms with Crippen molar-refractivity contribution in [2.45, 2.75) is 39.3 Å². The van der Waals surface area contributed by atoms with Crippen LogP contribution in [0.15, 0.2) is 30.3 Å². The van der Waals surface area contributed by atoms with Crippen LogP contribution < -0.4 is 5.32 Å². The predicted octanol–water partition coefficient (Wildman–Crippen LogP) is 3.15. The second kappa shape index (κ2) is 4.19. The first kappa shape index (κ1) is 10.4. The van der Waals surface area contributed by atoms with Crippen molar-refractivity contribution in [1.82, 2.24) is 5.32 Å². The van der Waals surface area contributed by atoms with Crippen molar-refractivity contribution in [3.05, 3.63) is 41.5 Å². The summed E-state index contributed by atoms with van der Waals surface area (Å²) in [6.07, 6.45) is 3.47. The van der Waals surface area contributed by atoms with E-state index in [0.717, 1.165) is 6.42 Å². The van der Waals surface area contributed by atoms with Gasteiger partial charge in [-0.15, -0.1) is 0 Å². The fourth-order valence-electron chi connectivity index (χ4n) is 2.24. The van der Waals surface area contributed by atoms with E-state index in [4.69, 9.17) is 0 Å². The summed E-state index contributed by atoms with van der Waals surface area (Å²) in [6.45, 7) is 6.59. The van der Waals surface area contributed by atoms with Gasteiger partial charge in [0.25, 0.3) is 0 Å². The molecule has 0 saturated carbocycles. The summed E-state index contributed by atoms with van der Waals surface area (Å²) in [7, 11) is 0. The van der Waals surface area contributed by atoms with Gasteiger partial charge >= 0.3 is 0 Å². The maximum atomic E-state index is 3.51. The van der Waals surface area contributed by atoms with Crippen LogP contribution in [0.1, 0.15) is 31.4 Å². The van der Waals surface area contributed by atoms with Crippen LogP contribution in [0.3, 0.4) is 0 Å². The summed E-state index contributed by atoms with van der Waals surface area (Å²) in [4.78, 5) is 0. The second-order valence-corrected chi connectivity index (χ2v) is 4.62. The van der Waals surface area contributed by atoms with Gasteiger partial charge in [0, 0.05) is 12.1 Å². The molecule has 1 aromatic rings. The Bertz CT molecular complexity index is 361. The standard InChI is InChI=1S/C14H19N/c1-10-4-6-13(7-5-10)14-8-11(2)15-12(3)9-14/h4-8,11-12,15H,9H2,1-3H3/t11-,12+/m0/s1. The lowest BCUT2D eigenvalue weighted by Gasteiger charge is -2.26. The molecule has 1 heteroatoms. The van der Waals surface area contributed by atoms with E-state index in [-0.39, 0.29) is 0 Å². The Hall–Kier alpha value is -1.08. The molecular weight excluding hydrogens is 182 g/mol. The quantitative estimate of drug-likeness (QED) is 0.736. The van der Waals surface area contributed by atoms with Gasteiger partial charge in [-0.05, 0) is 38.3 Å². The first-order chi connectivity index (χ1) is 7.15. The normalized spacial score (nSPS) is 26.2. The summed E-state index contributed by atoms with van der Waals surface area (Å²) in [6, 6.07) is 9.91. The molecule has 0 spiro atoms. The minimum Gasteiger partial charge on any atom is -0.308 e. The van der Waals surface area contributed by atoms with Gasteiger partial charge in [0.05, 0.1) is 0 Å². The zero-order chi connectivity index (χ0) is 10.8. The molecule has 80 valence electrons. The molecular formula is C14H19N. The fourth-order valence-corrected chi connectivity index (χ4v) is 2.24. The highest BCUT2D eigenvalue weighted by molar-refractivity contribution is 5.67. The first-order valence-corrected chi connectivity index (χ1v) is 5.69. The lowest BCUT2D eigenvalue weighted by Crippen LogP contribution is -2.36. The molecule has 0 unspecified atom stereocenters. The zero-order valence-electron chi connectivity index (χ0n) is 9.75. The van der Waals surface area contributed by atoms with Crippen LogP contribution in [0.4, 0.5) is 0 Å². The number of hydrogen-bond donors (Lipinski definition) is 1. The van der Waals surface area contributed by atoms with Crippen LogP contribution in [0, 0.1) is 6.92 Å². The van der Waals surface area contributed by atoms with E-state index < -0.39 is 0 Å². The van der Waals surface area contributed by atoms with Crippen molar-refractivity contribution in [1.29, 1.82) is 0 Å². The van der Waals surface area contributed by atoms with Gasteiger partial charge in [-0.3, -0.25) is 0 Å².